The highest BCUT2D eigenvalue weighted by molar-refractivity contribution is 5.88. The van der Waals surface area contributed by atoms with Gasteiger partial charge in [-0.1, -0.05) is 42.2 Å². The molecular weight excluding hydrogens is 466 g/mol. The lowest BCUT2D eigenvalue weighted by Crippen LogP contribution is -2.46. The second-order valence-electron chi connectivity index (χ2n) is 9.84. The van der Waals surface area contributed by atoms with Gasteiger partial charge in [0.1, 0.15) is 17.9 Å². The van der Waals surface area contributed by atoms with Gasteiger partial charge < -0.3 is 20.7 Å². The highest BCUT2D eigenvalue weighted by atomic mass is 16.5. The highest BCUT2D eigenvalue weighted by Crippen LogP contribution is 2.50. The van der Waals surface area contributed by atoms with Crippen molar-refractivity contribution in [2.45, 2.75) is 32.2 Å². The lowest BCUT2D eigenvalue weighted by molar-refractivity contribution is -0.114. The predicted octanol–water partition coefficient (Wildman–Crippen LogP) is 3.01. The van der Waals surface area contributed by atoms with Crippen molar-refractivity contribution < 1.29 is 9.53 Å². The molecule has 1 spiro atoms. The number of nitrogens with two attached hydrogens (primary N) is 1. The Morgan fingerprint density at radius 3 is 2.76 bits per heavy atom. The molecule has 2 heterocycles. The maximum atomic E-state index is 13.0. The maximum absolute atomic E-state index is 13.0. The lowest BCUT2D eigenvalue weighted by atomic mass is 9.73. The fourth-order valence-corrected chi connectivity index (χ4v) is 5.49. The maximum Gasteiger partial charge on any atom is 0.270 e. The molecule has 1 atom stereocenters. The van der Waals surface area contributed by atoms with Crippen molar-refractivity contribution in [3.05, 3.63) is 81.8 Å². The monoisotopic (exact) mass is 497 g/mol. The van der Waals surface area contributed by atoms with Crippen LogP contribution < -0.4 is 26.2 Å². The van der Waals surface area contributed by atoms with Crippen molar-refractivity contribution in [2.24, 2.45) is 18.2 Å². The molecule has 190 valence electrons. The van der Waals surface area contributed by atoms with Gasteiger partial charge in [-0.05, 0) is 47.9 Å². The number of carbonyl (C=O) groups excluding carboxylic acids is 1. The van der Waals surface area contributed by atoms with Gasteiger partial charge in [0, 0.05) is 44.9 Å². The van der Waals surface area contributed by atoms with E-state index in [0.29, 0.717) is 22.9 Å². The summed E-state index contributed by atoms with van der Waals surface area (Å²) in [7, 11) is 1.74. The van der Waals surface area contributed by atoms with Crippen LogP contribution in [0.25, 0.3) is 0 Å². The number of nitrogens with zero attached hydrogens (tertiary/aromatic N) is 3. The molecule has 8 heteroatoms. The molecule has 2 aliphatic rings. The lowest BCUT2D eigenvalue weighted by Gasteiger charge is -2.42. The summed E-state index contributed by atoms with van der Waals surface area (Å²) in [6, 6.07) is 15.6. The van der Waals surface area contributed by atoms with Crippen LogP contribution in [0, 0.1) is 17.3 Å². The molecule has 1 saturated heterocycles. The summed E-state index contributed by atoms with van der Waals surface area (Å²) in [6.07, 6.45) is 4.48. The molecule has 0 radical (unpaired) electrons. The third kappa shape index (κ3) is 4.95. The van der Waals surface area contributed by atoms with Crippen LogP contribution in [-0.2, 0) is 18.3 Å². The SMILES string of the molecule is CC(=O)Nc1cccc(OCC#Cc2cnc(N3CCC4(CC3)Cc3ccccc3[C@H]4N)n(C)c2=O)c1. The molecule has 3 N–H and O–H groups in total. The number of hydrogen-bond donors (Lipinski definition) is 2. The first-order valence-electron chi connectivity index (χ1n) is 12.5. The Kier molecular flexibility index (Phi) is 6.72. The third-order valence-corrected chi connectivity index (χ3v) is 7.47. The van der Waals surface area contributed by atoms with Crippen LogP contribution in [-0.4, -0.2) is 35.2 Å². The van der Waals surface area contributed by atoms with Gasteiger partial charge in [-0.15, -0.1) is 0 Å². The van der Waals surface area contributed by atoms with Crippen molar-refractivity contribution in [1.29, 1.82) is 0 Å². The Morgan fingerprint density at radius 2 is 2.00 bits per heavy atom. The van der Waals surface area contributed by atoms with Crippen LogP contribution in [0.3, 0.4) is 0 Å². The molecular formula is C29H31N5O3. The summed E-state index contributed by atoms with van der Waals surface area (Å²) in [6.45, 7) is 3.16. The third-order valence-electron chi connectivity index (χ3n) is 7.47. The quantitative estimate of drug-likeness (QED) is 0.538. The summed E-state index contributed by atoms with van der Waals surface area (Å²) < 4.78 is 7.22. The van der Waals surface area contributed by atoms with Crippen molar-refractivity contribution in [1.82, 2.24) is 9.55 Å². The summed E-state index contributed by atoms with van der Waals surface area (Å²) in [5.74, 6) is 6.84. The average molecular weight is 498 g/mol. The molecule has 5 rings (SSSR count). The summed E-state index contributed by atoms with van der Waals surface area (Å²) in [5, 5.41) is 2.71. The molecule has 1 aliphatic heterocycles. The zero-order chi connectivity index (χ0) is 26.0. The molecule has 0 unspecified atom stereocenters. The number of fused-ring (bicyclic) bond motifs is 1. The van der Waals surface area contributed by atoms with E-state index in [1.165, 1.54) is 18.1 Å². The number of aromatic nitrogens is 2. The largest absolute Gasteiger partial charge is 0.481 e. The zero-order valence-electron chi connectivity index (χ0n) is 21.2. The summed E-state index contributed by atoms with van der Waals surface area (Å²) in [5.41, 5.74) is 10.2. The van der Waals surface area contributed by atoms with Crippen LogP contribution in [0.1, 0.15) is 42.5 Å². The van der Waals surface area contributed by atoms with E-state index in [2.05, 4.69) is 51.3 Å². The number of hydrogen-bond acceptors (Lipinski definition) is 6. The number of amides is 1. The molecule has 37 heavy (non-hydrogen) atoms. The summed E-state index contributed by atoms with van der Waals surface area (Å²) in [4.78, 5) is 31.0. The molecule has 1 amide bonds. The molecule has 1 aliphatic carbocycles. The minimum atomic E-state index is -0.185. The van der Waals surface area contributed by atoms with E-state index in [1.807, 2.05) is 0 Å². The molecule has 1 fully saturated rings. The van der Waals surface area contributed by atoms with E-state index in [1.54, 1.807) is 42.1 Å². The molecule has 3 aromatic rings. The summed E-state index contributed by atoms with van der Waals surface area (Å²) >= 11 is 0. The van der Waals surface area contributed by atoms with Gasteiger partial charge in [-0.3, -0.25) is 14.2 Å². The number of benzene rings is 2. The van der Waals surface area contributed by atoms with Gasteiger partial charge in [0.25, 0.3) is 5.56 Å². The van der Waals surface area contributed by atoms with Crippen LogP contribution in [0.15, 0.2) is 59.5 Å². The standard InChI is InChI=1S/C29H31N5O3/c1-20(35)32-23-9-5-10-24(17-23)37-16-6-8-22-19-31-28(33(2)27(22)36)34-14-12-29(13-15-34)18-21-7-3-4-11-25(21)26(29)30/h3-5,7,9-11,17,19,26H,12-16,18,30H2,1-2H3,(H,32,35)/t26-/m1/s1. The zero-order valence-corrected chi connectivity index (χ0v) is 21.2. The minimum absolute atomic E-state index is 0.0513. The van der Waals surface area contributed by atoms with Gasteiger partial charge in [-0.2, -0.15) is 0 Å². The smallest absolute Gasteiger partial charge is 0.270 e. The molecule has 0 saturated carbocycles. The minimum Gasteiger partial charge on any atom is -0.481 e. The van der Waals surface area contributed by atoms with Gasteiger partial charge >= 0.3 is 0 Å². The molecule has 1 aromatic heterocycles. The van der Waals surface area contributed by atoms with Crippen molar-refractivity contribution in [3.8, 4) is 17.6 Å². The van der Waals surface area contributed by atoms with Crippen LogP contribution in [0.4, 0.5) is 11.6 Å². The second-order valence-corrected chi connectivity index (χ2v) is 9.84. The van der Waals surface area contributed by atoms with Gasteiger partial charge in [-0.25, -0.2) is 4.98 Å². The topological polar surface area (TPSA) is 102 Å². The Morgan fingerprint density at radius 1 is 1.22 bits per heavy atom. The van der Waals surface area contributed by atoms with Crippen LogP contribution in [0.2, 0.25) is 0 Å². The Labute approximate surface area is 216 Å². The van der Waals surface area contributed by atoms with Crippen molar-refractivity contribution in [3.63, 3.8) is 0 Å². The van der Waals surface area contributed by atoms with Gasteiger partial charge in [0.15, 0.2) is 0 Å². The average Bonchev–Trinajstić information content (AvgIpc) is 3.16. The number of piperidine rings is 1. The van der Waals surface area contributed by atoms with Gasteiger partial charge in [0.2, 0.25) is 11.9 Å². The van der Waals surface area contributed by atoms with Crippen LogP contribution >= 0.6 is 0 Å². The molecule has 0 bridgehead atoms. The fourth-order valence-electron chi connectivity index (χ4n) is 5.49. The van der Waals surface area contributed by atoms with E-state index in [9.17, 15) is 9.59 Å². The fraction of sp³-hybridized carbons (Fsp3) is 0.345. The highest BCUT2D eigenvalue weighted by Gasteiger charge is 2.46. The van der Waals surface area contributed by atoms with E-state index in [-0.39, 0.29) is 29.5 Å². The van der Waals surface area contributed by atoms with Crippen molar-refractivity contribution >= 4 is 17.5 Å². The number of nitrogens with one attached hydrogen (secondary N) is 1. The predicted molar refractivity (Wildman–Crippen MR) is 144 cm³/mol. The van der Waals surface area contributed by atoms with Gasteiger partial charge in [0.05, 0.1) is 6.20 Å². The van der Waals surface area contributed by atoms with E-state index < -0.39 is 0 Å². The molecule has 8 nitrogen and oxygen atoms in total. The van der Waals surface area contributed by atoms with Crippen LogP contribution in [0.5, 0.6) is 5.75 Å². The first kappa shape index (κ1) is 24.6. The van der Waals surface area contributed by atoms with E-state index in [0.717, 1.165) is 32.4 Å². The number of anilines is 2. The first-order valence-corrected chi connectivity index (χ1v) is 12.5. The number of ether oxygens (including phenoxy) is 1. The Hall–Kier alpha value is -4.09. The second kappa shape index (κ2) is 10.1. The van der Waals surface area contributed by atoms with E-state index >= 15 is 0 Å². The first-order chi connectivity index (χ1) is 17.9. The molecule has 2 aromatic carbocycles. The normalized spacial score (nSPS) is 17.6. The van der Waals surface area contributed by atoms with E-state index in [4.69, 9.17) is 10.5 Å². The number of rotatable bonds is 4. The Bertz CT molecular complexity index is 1440. The van der Waals surface area contributed by atoms with Crippen molar-refractivity contribution in [2.75, 3.05) is 29.9 Å². The Balaban J connectivity index is 1.22. The number of carbonyl (C=O) groups is 1.